The lowest BCUT2D eigenvalue weighted by atomic mass is 10.1. The van der Waals surface area contributed by atoms with Crippen LogP contribution >= 0.6 is 0 Å². The summed E-state index contributed by atoms with van der Waals surface area (Å²) in [4.78, 5) is 16.8. The van der Waals surface area contributed by atoms with E-state index in [9.17, 15) is 4.79 Å². The Bertz CT molecular complexity index is 788. The molecule has 2 aromatic rings. The molecule has 6 heteroatoms. The second-order valence-electron chi connectivity index (χ2n) is 6.64. The highest BCUT2D eigenvalue weighted by atomic mass is 16.5. The van der Waals surface area contributed by atoms with Crippen LogP contribution in [0, 0.1) is 11.3 Å². The van der Waals surface area contributed by atoms with Crippen LogP contribution in [-0.2, 0) is 11.3 Å². The summed E-state index contributed by atoms with van der Waals surface area (Å²) < 4.78 is 5.12. The van der Waals surface area contributed by atoms with Crippen molar-refractivity contribution in [3.63, 3.8) is 0 Å². The Balaban J connectivity index is 1.41. The predicted molar refractivity (Wildman–Crippen MR) is 104 cm³/mol. The van der Waals surface area contributed by atoms with Gasteiger partial charge in [-0.05, 0) is 42.0 Å². The van der Waals surface area contributed by atoms with Crippen molar-refractivity contribution in [3.8, 4) is 11.8 Å². The molecule has 1 amide bonds. The van der Waals surface area contributed by atoms with Crippen LogP contribution in [0.2, 0.25) is 0 Å². The van der Waals surface area contributed by atoms with Crippen LogP contribution in [0.4, 0.5) is 5.69 Å². The number of nitrogens with zero attached hydrogens (tertiary/aromatic N) is 3. The highest BCUT2D eigenvalue weighted by Gasteiger charge is 2.19. The number of hydrogen-bond acceptors (Lipinski definition) is 5. The Morgan fingerprint density at radius 2 is 1.67 bits per heavy atom. The first kappa shape index (κ1) is 18.9. The molecule has 1 N–H and O–H groups in total. The third-order valence-electron chi connectivity index (χ3n) is 4.70. The lowest BCUT2D eigenvalue weighted by Crippen LogP contribution is -2.48. The standard InChI is InChI=1S/C21H24N4O2/c1-27-20-8-6-19(7-9-20)23-21(26)16-25-12-10-24(11-13-25)15-18-4-2-17(14-22)3-5-18/h2-9H,10-13,15-16H2,1H3,(H,23,26). The van der Waals surface area contributed by atoms with Gasteiger partial charge in [-0.15, -0.1) is 0 Å². The maximum Gasteiger partial charge on any atom is 0.238 e. The lowest BCUT2D eigenvalue weighted by Gasteiger charge is -2.34. The lowest BCUT2D eigenvalue weighted by molar-refractivity contribution is -0.117. The number of hydrogen-bond donors (Lipinski definition) is 1. The second-order valence-corrected chi connectivity index (χ2v) is 6.64. The Morgan fingerprint density at radius 3 is 2.26 bits per heavy atom. The fourth-order valence-corrected chi connectivity index (χ4v) is 3.13. The van der Waals surface area contributed by atoms with Gasteiger partial charge in [0.25, 0.3) is 0 Å². The Morgan fingerprint density at radius 1 is 1.04 bits per heavy atom. The van der Waals surface area contributed by atoms with Crippen molar-refractivity contribution < 1.29 is 9.53 Å². The zero-order chi connectivity index (χ0) is 19.1. The third-order valence-corrected chi connectivity index (χ3v) is 4.70. The minimum atomic E-state index is 0.000657. The maximum absolute atomic E-state index is 12.2. The number of anilines is 1. The van der Waals surface area contributed by atoms with Gasteiger partial charge in [0, 0.05) is 38.4 Å². The fraction of sp³-hybridized carbons (Fsp3) is 0.333. The first-order chi connectivity index (χ1) is 13.2. The van der Waals surface area contributed by atoms with Crippen molar-refractivity contribution in [3.05, 3.63) is 59.7 Å². The van der Waals surface area contributed by atoms with Gasteiger partial charge in [-0.25, -0.2) is 0 Å². The molecule has 27 heavy (non-hydrogen) atoms. The van der Waals surface area contributed by atoms with Crippen LogP contribution in [0.25, 0.3) is 0 Å². The Kier molecular flexibility index (Phi) is 6.42. The van der Waals surface area contributed by atoms with Gasteiger partial charge in [0.05, 0.1) is 25.3 Å². The molecule has 2 aromatic carbocycles. The van der Waals surface area contributed by atoms with Gasteiger partial charge in [0.1, 0.15) is 5.75 Å². The fourth-order valence-electron chi connectivity index (χ4n) is 3.13. The van der Waals surface area contributed by atoms with Crippen LogP contribution in [-0.4, -0.2) is 55.5 Å². The average molecular weight is 364 g/mol. The Hall–Kier alpha value is -2.88. The normalized spacial score (nSPS) is 15.1. The van der Waals surface area contributed by atoms with Crippen molar-refractivity contribution in [2.75, 3.05) is 45.2 Å². The van der Waals surface area contributed by atoms with Gasteiger partial charge < -0.3 is 10.1 Å². The molecule has 0 unspecified atom stereocenters. The molecule has 3 rings (SSSR count). The van der Waals surface area contributed by atoms with E-state index in [1.165, 1.54) is 5.56 Å². The van der Waals surface area contributed by atoms with Crippen LogP contribution in [0.1, 0.15) is 11.1 Å². The summed E-state index contributed by atoms with van der Waals surface area (Å²) in [6, 6.07) is 17.2. The van der Waals surface area contributed by atoms with Crippen molar-refractivity contribution in [1.29, 1.82) is 5.26 Å². The quantitative estimate of drug-likeness (QED) is 0.852. The molecule has 0 radical (unpaired) electrons. The summed E-state index contributed by atoms with van der Waals surface area (Å²) in [5.41, 5.74) is 2.67. The van der Waals surface area contributed by atoms with E-state index in [1.807, 2.05) is 48.5 Å². The van der Waals surface area contributed by atoms with E-state index in [1.54, 1.807) is 7.11 Å². The number of methoxy groups -OCH3 is 1. The molecular weight excluding hydrogens is 340 g/mol. The number of rotatable bonds is 6. The molecule has 1 fully saturated rings. The monoisotopic (exact) mass is 364 g/mol. The first-order valence-corrected chi connectivity index (χ1v) is 9.04. The van der Waals surface area contributed by atoms with Crippen LogP contribution in [0.15, 0.2) is 48.5 Å². The van der Waals surface area contributed by atoms with Gasteiger partial charge >= 0.3 is 0 Å². The molecule has 0 aromatic heterocycles. The summed E-state index contributed by atoms with van der Waals surface area (Å²) in [6.45, 7) is 4.86. The SMILES string of the molecule is COc1ccc(NC(=O)CN2CCN(Cc3ccc(C#N)cc3)CC2)cc1. The second kappa shape index (κ2) is 9.17. The van der Waals surface area contributed by atoms with E-state index < -0.39 is 0 Å². The van der Waals surface area contributed by atoms with Gasteiger partial charge in [-0.3, -0.25) is 14.6 Å². The van der Waals surface area contributed by atoms with Crippen LogP contribution in [0.3, 0.4) is 0 Å². The molecule has 140 valence electrons. The Labute approximate surface area is 160 Å². The predicted octanol–water partition coefficient (Wildman–Crippen LogP) is 2.32. The molecule has 0 bridgehead atoms. The molecule has 0 saturated carbocycles. The first-order valence-electron chi connectivity index (χ1n) is 9.04. The van der Waals surface area contributed by atoms with Crippen molar-refractivity contribution in [1.82, 2.24) is 9.80 Å². The highest BCUT2D eigenvalue weighted by molar-refractivity contribution is 5.92. The molecule has 1 heterocycles. The smallest absolute Gasteiger partial charge is 0.238 e. The van der Waals surface area contributed by atoms with E-state index in [-0.39, 0.29) is 5.91 Å². The summed E-state index contributed by atoms with van der Waals surface area (Å²) in [5.74, 6) is 0.770. The number of benzene rings is 2. The van der Waals surface area contributed by atoms with Crippen molar-refractivity contribution in [2.45, 2.75) is 6.54 Å². The maximum atomic E-state index is 12.2. The highest BCUT2D eigenvalue weighted by Crippen LogP contribution is 2.15. The zero-order valence-electron chi connectivity index (χ0n) is 15.5. The zero-order valence-corrected chi connectivity index (χ0v) is 15.5. The summed E-state index contributed by atoms with van der Waals surface area (Å²) in [6.07, 6.45) is 0. The van der Waals surface area contributed by atoms with Crippen molar-refractivity contribution in [2.24, 2.45) is 0 Å². The minimum Gasteiger partial charge on any atom is -0.497 e. The molecule has 1 aliphatic heterocycles. The molecular formula is C21H24N4O2. The summed E-state index contributed by atoms with van der Waals surface area (Å²) >= 11 is 0. The molecule has 0 aliphatic carbocycles. The van der Waals surface area contributed by atoms with Crippen LogP contribution < -0.4 is 10.1 Å². The third kappa shape index (κ3) is 5.55. The van der Waals surface area contributed by atoms with E-state index in [0.29, 0.717) is 12.1 Å². The molecule has 1 aliphatic rings. The van der Waals surface area contributed by atoms with E-state index >= 15 is 0 Å². The van der Waals surface area contributed by atoms with Gasteiger partial charge in [-0.1, -0.05) is 12.1 Å². The minimum absolute atomic E-state index is 0.000657. The van der Waals surface area contributed by atoms with Crippen molar-refractivity contribution >= 4 is 11.6 Å². The summed E-state index contributed by atoms with van der Waals surface area (Å²) in [7, 11) is 1.62. The van der Waals surface area contributed by atoms with E-state index in [0.717, 1.165) is 44.2 Å². The number of amides is 1. The topological polar surface area (TPSA) is 68.6 Å². The van der Waals surface area contributed by atoms with E-state index in [4.69, 9.17) is 10.00 Å². The summed E-state index contributed by atoms with van der Waals surface area (Å²) in [5, 5.41) is 11.8. The van der Waals surface area contributed by atoms with Gasteiger partial charge in [-0.2, -0.15) is 5.26 Å². The number of carbonyl (C=O) groups excluding carboxylic acids is 1. The number of ether oxygens (including phenoxy) is 1. The number of carbonyl (C=O) groups is 1. The molecule has 0 atom stereocenters. The molecule has 1 saturated heterocycles. The van der Waals surface area contributed by atoms with Crippen LogP contribution in [0.5, 0.6) is 5.75 Å². The van der Waals surface area contributed by atoms with E-state index in [2.05, 4.69) is 21.2 Å². The van der Waals surface area contributed by atoms with Gasteiger partial charge in [0.2, 0.25) is 5.91 Å². The largest absolute Gasteiger partial charge is 0.497 e. The number of nitrogens with one attached hydrogen (secondary N) is 1. The van der Waals surface area contributed by atoms with Gasteiger partial charge in [0.15, 0.2) is 0 Å². The number of nitriles is 1. The number of piperazine rings is 1. The molecule has 0 spiro atoms. The molecule has 6 nitrogen and oxygen atoms in total. The average Bonchev–Trinajstić information content (AvgIpc) is 2.70.